The molecule has 0 spiro atoms. The van der Waals surface area contributed by atoms with Crippen molar-refractivity contribution in [1.82, 2.24) is 4.98 Å². The van der Waals surface area contributed by atoms with E-state index >= 15 is 0 Å². The molecule has 116 valence electrons. The van der Waals surface area contributed by atoms with Crippen molar-refractivity contribution in [2.45, 2.75) is 38.6 Å². The summed E-state index contributed by atoms with van der Waals surface area (Å²) >= 11 is 0. The number of rotatable bonds is 4. The minimum absolute atomic E-state index is 0.260. The molecule has 0 radical (unpaired) electrons. The number of anilines is 2. The van der Waals surface area contributed by atoms with Gasteiger partial charge in [0.2, 0.25) is 0 Å². The van der Waals surface area contributed by atoms with Gasteiger partial charge < -0.3 is 14.6 Å². The topological polar surface area (TPSA) is 58.4 Å². The van der Waals surface area contributed by atoms with Crippen LogP contribution in [-0.2, 0) is 0 Å². The van der Waals surface area contributed by atoms with Gasteiger partial charge in [0.25, 0.3) is 5.91 Å². The second-order valence-electron chi connectivity index (χ2n) is 5.59. The first kappa shape index (κ1) is 14.6. The number of amides is 1. The number of pyridine rings is 1. The maximum absolute atomic E-state index is 11.9. The highest BCUT2D eigenvalue weighted by molar-refractivity contribution is 6.02. The zero-order valence-electron chi connectivity index (χ0n) is 12.8. The Morgan fingerprint density at radius 2 is 2.32 bits per heavy atom. The van der Waals surface area contributed by atoms with Crippen molar-refractivity contribution < 1.29 is 9.21 Å². The van der Waals surface area contributed by atoms with Crippen LogP contribution in [0.15, 0.2) is 41.1 Å². The Labute approximate surface area is 130 Å². The molecule has 0 saturated carbocycles. The van der Waals surface area contributed by atoms with Gasteiger partial charge in [0.05, 0.1) is 18.1 Å². The van der Waals surface area contributed by atoms with Gasteiger partial charge in [-0.2, -0.15) is 0 Å². The molecular formula is C17H21N3O2. The van der Waals surface area contributed by atoms with Crippen molar-refractivity contribution in [3.63, 3.8) is 0 Å². The number of furan rings is 1. The van der Waals surface area contributed by atoms with E-state index in [-0.39, 0.29) is 5.91 Å². The fourth-order valence-corrected chi connectivity index (χ4v) is 2.96. The Morgan fingerprint density at radius 3 is 3.00 bits per heavy atom. The highest BCUT2D eigenvalue weighted by Gasteiger charge is 2.21. The molecule has 1 aliphatic heterocycles. The van der Waals surface area contributed by atoms with Crippen LogP contribution < -0.4 is 10.2 Å². The Kier molecular flexibility index (Phi) is 4.42. The van der Waals surface area contributed by atoms with Crippen LogP contribution in [0.5, 0.6) is 0 Å². The van der Waals surface area contributed by atoms with Gasteiger partial charge in [0, 0.05) is 12.6 Å². The van der Waals surface area contributed by atoms with Crippen molar-refractivity contribution in [2.24, 2.45) is 0 Å². The Morgan fingerprint density at radius 1 is 1.41 bits per heavy atom. The van der Waals surface area contributed by atoms with Crippen LogP contribution in [-0.4, -0.2) is 23.5 Å². The predicted octanol–water partition coefficient (Wildman–Crippen LogP) is 3.70. The van der Waals surface area contributed by atoms with Crippen LogP contribution >= 0.6 is 0 Å². The van der Waals surface area contributed by atoms with Crippen molar-refractivity contribution in [1.29, 1.82) is 0 Å². The van der Waals surface area contributed by atoms with Crippen LogP contribution in [0.25, 0.3) is 0 Å². The summed E-state index contributed by atoms with van der Waals surface area (Å²) in [6.07, 6.45) is 8.07. The van der Waals surface area contributed by atoms with Crippen molar-refractivity contribution in [3.05, 3.63) is 42.5 Å². The quantitative estimate of drug-likeness (QED) is 0.935. The van der Waals surface area contributed by atoms with E-state index in [1.165, 1.54) is 25.5 Å². The van der Waals surface area contributed by atoms with E-state index < -0.39 is 0 Å². The molecule has 3 heterocycles. The predicted molar refractivity (Wildman–Crippen MR) is 86.2 cm³/mol. The average Bonchev–Trinajstić information content (AvgIpc) is 3.10. The summed E-state index contributed by atoms with van der Waals surface area (Å²) in [6, 6.07) is 7.77. The van der Waals surface area contributed by atoms with Crippen LogP contribution in [0, 0.1) is 0 Å². The van der Waals surface area contributed by atoms with Gasteiger partial charge in [0.1, 0.15) is 5.82 Å². The maximum atomic E-state index is 11.9. The lowest BCUT2D eigenvalue weighted by Gasteiger charge is -2.36. The van der Waals surface area contributed by atoms with E-state index in [0.717, 1.165) is 18.8 Å². The first-order chi connectivity index (χ1) is 10.8. The number of hydrogen-bond donors (Lipinski definition) is 1. The lowest BCUT2D eigenvalue weighted by atomic mass is 10.00. The monoisotopic (exact) mass is 299 g/mol. The summed E-state index contributed by atoms with van der Waals surface area (Å²) < 4.78 is 5.07. The normalized spacial score (nSPS) is 18.2. The molecule has 2 aromatic heterocycles. The zero-order chi connectivity index (χ0) is 15.4. The third-order valence-electron chi connectivity index (χ3n) is 4.14. The summed E-state index contributed by atoms with van der Waals surface area (Å²) in [4.78, 5) is 18.8. The fourth-order valence-electron chi connectivity index (χ4n) is 2.96. The standard InChI is InChI=1S/C17H21N3O2/c1-2-14-6-3-4-10-20(14)16-9-8-13(12-18-16)19-17(21)15-7-5-11-22-15/h5,7-9,11-12,14H,2-4,6,10H2,1H3,(H,19,21). The summed E-state index contributed by atoms with van der Waals surface area (Å²) in [5.74, 6) is 1.03. The second kappa shape index (κ2) is 6.64. The summed E-state index contributed by atoms with van der Waals surface area (Å²) in [6.45, 7) is 3.28. The Hall–Kier alpha value is -2.30. The molecule has 1 unspecified atom stereocenters. The maximum Gasteiger partial charge on any atom is 0.291 e. The van der Waals surface area contributed by atoms with E-state index in [1.54, 1.807) is 18.3 Å². The lowest BCUT2D eigenvalue weighted by molar-refractivity contribution is 0.0996. The molecule has 1 amide bonds. The van der Waals surface area contributed by atoms with E-state index in [9.17, 15) is 4.79 Å². The molecule has 1 atom stereocenters. The van der Waals surface area contributed by atoms with Gasteiger partial charge in [-0.1, -0.05) is 6.92 Å². The Bertz CT molecular complexity index is 607. The van der Waals surface area contributed by atoms with Crippen molar-refractivity contribution >= 4 is 17.4 Å². The zero-order valence-corrected chi connectivity index (χ0v) is 12.8. The average molecular weight is 299 g/mol. The third-order valence-corrected chi connectivity index (χ3v) is 4.14. The highest BCUT2D eigenvalue weighted by Crippen LogP contribution is 2.25. The lowest BCUT2D eigenvalue weighted by Crippen LogP contribution is -2.39. The molecule has 0 aromatic carbocycles. The molecule has 5 heteroatoms. The molecule has 3 rings (SSSR count). The number of piperidine rings is 1. The SMILES string of the molecule is CCC1CCCCN1c1ccc(NC(=O)c2ccco2)cn1. The van der Waals surface area contributed by atoms with Crippen LogP contribution in [0.4, 0.5) is 11.5 Å². The van der Waals surface area contributed by atoms with Crippen LogP contribution in [0.2, 0.25) is 0 Å². The molecular weight excluding hydrogens is 278 g/mol. The molecule has 1 N–H and O–H groups in total. The van der Waals surface area contributed by atoms with Gasteiger partial charge in [-0.05, 0) is 49.9 Å². The van der Waals surface area contributed by atoms with E-state index in [4.69, 9.17) is 4.42 Å². The number of aromatic nitrogens is 1. The first-order valence-electron chi connectivity index (χ1n) is 7.85. The fraction of sp³-hybridized carbons (Fsp3) is 0.412. The van der Waals surface area contributed by atoms with Gasteiger partial charge >= 0.3 is 0 Å². The van der Waals surface area contributed by atoms with E-state index in [1.807, 2.05) is 12.1 Å². The van der Waals surface area contributed by atoms with Gasteiger partial charge in [-0.3, -0.25) is 4.79 Å². The number of nitrogens with one attached hydrogen (secondary N) is 1. The van der Waals surface area contributed by atoms with E-state index in [0.29, 0.717) is 17.5 Å². The van der Waals surface area contributed by atoms with Gasteiger partial charge in [0.15, 0.2) is 5.76 Å². The van der Waals surface area contributed by atoms with Crippen molar-refractivity contribution in [2.75, 3.05) is 16.8 Å². The molecule has 22 heavy (non-hydrogen) atoms. The van der Waals surface area contributed by atoms with Crippen LogP contribution in [0.1, 0.15) is 43.2 Å². The molecule has 0 bridgehead atoms. The first-order valence-corrected chi connectivity index (χ1v) is 7.85. The molecule has 0 aliphatic carbocycles. The number of hydrogen-bond acceptors (Lipinski definition) is 4. The molecule has 1 saturated heterocycles. The summed E-state index contributed by atoms with van der Waals surface area (Å²) in [5, 5.41) is 2.79. The van der Waals surface area contributed by atoms with E-state index in [2.05, 4.69) is 22.1 Å². The molecule has 1 aliphatic rings. The smallest absolute Gasteiger partial charge is 0.291 e. The third kappa shape index (κ3) is 3.13. The minimum atomic E-state index is -0.260. The highest BCUT2D eigenvalue weighted by atomic mass is 16.3. The molecule has 1 fully saturated rings. The molecule has 2 aromatic rings. The van der Waals surface area contributed by atoms with Crippen molar-refractivity contribution in [3.8, 4) is 0 Å². The number of carbonyl (C=O) groups excluding carboxylic acids is 1. The Balaban J connectivity index is 1.68. The number of nitrogens with zero attached hydrogens (tertiary/aromatic N) is 2. The summed E-state index contributed by atoms with van der Waals surface area (Å²) in [7, 11) is 0. The number of carbonyl (C=O) groups is 1. The summed E-state index contributed by atoms with van der Waals surface area (Å²) in [5.41, 5.74) is 0.676. The second-order valence-corrected chi connectivity index (χ2v) is 5.59. The largest absolute Gasteiger partial charge is 0.459 e. The van der Waals surface area contributed by atoms with Gasteiger partial charge in [-0.15, -0.1) is 0 Å². The molecule has 5 nitrogen and oxygen atoms in total. The minimum Gasteiger partial charge on any atom is -0.459 e. The van der Waals surface area contributed by atoms with Gasteiger partial charge in [-0.25, -0.2) is 4.98 Å². The van der Waals surface area contributed by atoms with Crippen LogP contribution in [0.3, 0.4) is 0 Å².